The topological polar surface area (TPSA) is 124 Å². The van der Waals surface area contributed by atoms with E-state index in [1.807, 2.05) is 53.2 Å². The summed E-state index contributed by atoms with van der Waals surface area (Å²) in [6.07, 6.45) is 4.30. The van der Waals surface area contributed by atoms with Gasteiger partial charge in [0.1, 0.15) is 17.0 Å². The molecule has 11 heteroatoms. The second-order valence-electron chi connectivity index (χ2n) is 7.83. The normalized spacial score (nSPS) is 10.5. The molecule has 37 heavy (non-hydrogen) atoms. The molecule has 10 nitrogen and oxygen atoms in total. The van der Waals surface area contributed by atoms with E-state index in [1.54, 1.807) is 13.2 Å². The second kappa shape index (κ2) is 11.1. The van der Waals surface area contributed by atoms with Gasteiger partial charge in [-0.3, -0.25) is 9.67 Å². The number of pyridine rings is 1. The predicted octanol–water partition coefficient (Wildman–Crippen LogP) is 3.75. The second-order valence-corrected chi connectivity index (χ2v) is 7.83. The van der Waals surface area contributed by atoms with E-state index in [9.17, 15) is 9.90 Å². The zero-order valence-electron chi connectivity index (χ0n) is 19.5. The number of aromatic nitrogens is 5. The van der Waals surface area contributed by atoms with Gasteiger partial charge in [-0.15, -0.1) is 0 Å². The molecule has 0 radical (unpaired) electrons. The number of rotatable bonds is 8. The molecule has 2 N–H and O–H groups in total. The van der Waals surface area contributed by atoms with E-state index in [0.717, 1.165) is 22.2 Å². The Bertz CT molecular complexity index is 1560. The van der Waals surface area contributed by atoms with Gasteiger partial charge in [-0.1, -0.05) is 30.3 Å². The Morgan fingerprint density at radius 1 is 1.03 bits per heavy atom. The van der Waals surface area contributed by atoms with Crippen LogP contribution >= 0.6 is 0 Å². The van der Waals surface area contributed by atoms with Crippen molar-refractivity contribution < 1.29 is 19.4 Å². The Labute approximate surface area is 224 Å². The van der Waals surface area contributed by atoms with Crippen molar-refractivity contribution in [1.82, 2.24) is 24.7 Å². The molecule has 0 bridgehead atoms. The number of methoxy groups -OCH3 is 2. The minimum atomic E-state index is -1.11. The average Bonchev–Trinajstić information content (AvgIpc) is 3.27. The summed E-state index contributed by atoms with van der Waals surface area (Å²) in [6.45, 7) is 0.546. The van der Waals surface area contributed by atoms with Crippen LogP contribution in [0, 0.1) is 0 Å². The predicted molar refractivity (Wildman–Crippen MR) is 141 cm³/mol. The summed E-state index contributed by atoms with van der Waals surface area (Å²) in [7, 11) is 3.13. The molecule has 0 aliphatic carbocycles. The average molecular weight is 490 g/mol. The fourth-order valence-electron chi connectivity index (χ4n) is 3.84. The van der Waals surface area contributed by atoms with E-state index in [4.69, 9.17) is 14.6 Å². The summed E-state index contributed by atoms with van der Waals surface area (Å²) in [5, 5.41) is 18.3. The minimum absolute atomic E-state index is 0. The number of aromatic carboxylic acids is 1. The first kappa shape index (κ1) is 25.7. The molecule has 5 rings (SSSR count). The van der Waals surface area contributed by atoms with Gasteiger partial charge >= 0.3 is 24.8 Å². The Morgan fingerprint density at radius 3 is 2.54 bits per heavy atom. The van der Waals surface area contributed by atoms with E-state index in [-0.39, 0.29) is 24.4 Å². The molecular formula is C26H23LiN6O4. The monoisotopic (exact) mass is 490 g/mol. The van der Waals surface area contributed by atoms with Crippen molar-refractivity contribution in [3.05, 3.63) is 84.3 Å². The molecule has 3 heterocycles. The van der Waals surface area contributed by atoms with Crippen molar-refractivity contribution in [3.63, 3.8) is 0 Å². The van der Waals surface area contributed by atoms with Crippen LogP contribution in [0.4, 0.5) is 11.5 Å². The van der Waals surface area contributed by atoms with Crippen molar-refractivity contribution in [3.8, 4) is 23.0 Å². The van der Waals surface area contributed by atoms with Crippen LogP contribution in [0.25, 0.3) is 22.4 Å². The van der Waals surface area contributed by atoms with Gasteiger partial charge in [0, 0.05) is 17.8 Å². The summed E-state index contributed by atoms with van der Waals surface area (Å²) in [5.41, 5.74) is 2.93. The molecule has 0 spiro atoms. The van der Waals surface area contributed by atoms with Gasteiger partial charge < -0.3 is 19.9 Å². The fraction of sp³-hybridized carbons (Fsp3) is 0.115. The van der Waals surface area contributed by atoms with E-state index in [0.29, 0.717) is 35.3 Å². The molecular weight excluding hydrogens is 467 g/mol. The number of para-hydroxylation sites is 1. The number of carboxylic acid groups (broad SMARTS) is 1. The summed E-state index contributed by atoms with van der Waals surface area (Å²) in [6, 6.07) is 17.2. The number of benzene rings is 2. The summed E-state index contributed by atoms with van der Waals surface area (Å²) < 4.78 is 12.6. The number of anilines is 2. The van der Waals surface area contributed by atoms with Gasteiger partial charge in [-0.2, -0.15) is 5.10 Å². The van der Waals surface area contributed by atoms with Crippen LogP contribution < -0.4 is 14.8 Å². The number of hydrogen-bond donors (Lipinski definition) is 2. The van der Waals surface area contributed by atoms with E-state index in [1.165, 1.54) is 25.7 Å². The molecule has 0 saturated heterocycles. The zero-order valence-corrected chi connectivity index (χ0v) is 19.5. The summed E-state index contributed by atoms with van der Waals surface area (Å²) >= 11 is 0. The molecule has 3 aromatic heterocycles. The Kier molecular flexibility index (Phi) is 7.72. The van der Waals surface area contributed by atoms with Crippen LogP contribution in [0.1, 0.15) is 15.9 Å². The van der Waals surface area contributed by atoms with Gasteiger partial charge in [0.15, 0.2) is 17.4 Å². The molecule has 5 aromatic rings. The van der Waals surface area contributed by atoms with Gasteiger partial charge in [0.05, 0.1) is 38.2 Å². The third-order valence-electron chi connectivity index (χ3n) is 5.64. The van der Waals surface area contributed by atoms with Crippen molar-refractivity contribution in [1.29, 1.82) is 0 Å². The van der Waals surface area contributed by atoms with Crippen molar-refractivity contribution in [2.75, 3.05) is 19.5 Å². The molecule has 0 aliphatic heterocycles. The van der Waals surface area contributed by atoms with Crippen LogP contribution in [-0.2, 0) is 6.54 Å². The first-order valence-electron chi connectivity index (χ1n) is 11.0. The Balaban J connectivity index is 0.00000320. The van der Waals surface area contributed by atoms with Crippen molar-refractivity contribution in [2.24, 2.45) is 0 Å². The first-order valence-corrected chi connectivity index (χ1v) is 11.0. The zero-order chi connectivity index (χ0) is 25.1. The summed E-state index contributed by atoms with van der Waals surface area (Å²) in [4.78, 5) is 24.6. The third-order valence-corrected chi connectivity index (χ3v) is 5.64. The molecule has 0 atom stereocenters. The number of ether oxygens (including phenoxy) is 2. The molecule has 0 fully saturated rings. The maximum absolute atomic E-state index is 11.6. The quantitative estimate of drug-likeness (QED) is 0.313. The number of nitrogens with zero attached hydrogens (tertiary/aromatic N) is 5. The number of carboxylic acids is 1. The van der Waals surface area contributed by atoms with Gasteiger partial charge in [-0.25, -0.2) is 14.8 Å². The number of fused-ring (bicyclic) bond motifs is 1. The Morgan fingerprint density at radius 2 is 1.81 bits per heavy atom. The van der Waals surface area contributed by atoms with Crippen LogP contribution in [0.3, 0.4) is 0 Å². The molecule has 0 unspecified atom stereocenters. The Hall–Kier alpha value is -4.39. The first-order chi connectivity index (χ1) is 17.6. The van der Waals surface area contributed by atoms with Crippen LogP contribution in [0.15, 0.2) is 73.2 Å². The van der Waals surface area contributed by atoms with Crippen molar-refractivity contribution in [2.45, 2.75) is 6.54 Å². The van der Waals surface area contributed by atoms with E-state index < -0.39 is 5.97 Å². The summed E-state index contributed by atoms with van der Waals surface area (Å²) in [5.74, 6) is 0.714. The molecule has 0 saturated carbocycles. The standard InChI is InChI=1S/C26H22N6O4.Li.H/c1-35-17-9-7-16(8-10-17)15-32-21-6-4-3-5-18(21)23(31-32)25-28-14-22(36-2)24(30-25)29-20-11-12-27-13-19(20)26(33)34;;/h3-14H,15H2,1-2H3,(H,33,34)(H,27,28,29,30);;. The molecule has 0 aliphatic rings. The number of carbonyl (C=O) groups is 1. The number of nitrogens with one attached hydrogen (secondary N) is 1. The van der Waals surface area contributed by atoms with Gasteiger partial charge in [0.25, 0.3) is 0 Å². The van der Waals surface area contributed by atoms with E-state index >= 15 is 0 Å². The molecule has 2 aromatic carbocycles. The third kappa shape index (κ3) is 5.26. The maximum atomic E-state index is 11.6. The van der Waals surface area contributed by atoms with Crippen LogP contribution in [0.2, 0.25) is 0 Å². The van der Waals surface area contributed by atoms with Gasteiger partial charge in [0.2, 0.25) is 0 Å². The van der Waals surface area contributed by atoms with Gasteiger partial charge in [-0.05, 0) is 29.8 Å². The van der Waals surface area contributed by atoms with Crippen LogP contribution in [0.5, 0.6) is 11.5 Å². The number of hydrogen-bond acceptors (Lipinski definition) is 8. The van der Waals surface area contributed by atoms with E-state index in [2.05, 4.69) is 20.3 Å². The van der Waals surface area contributed by atoms with Crippen molar-refractivity contribution >= 4 is 47.2 Å². The molecule has 0 amide bonds. The molecule has 182 valence electrons. The fourth-order valence-corrected chi connectivity index (χ4v) is 3.84. The van der Waals surface area contributed by atoms with Crippen LogP contribution in [-0.4, -0.2) is 68.9 Å². The SMILES string of the molecule is COc1ccc(Cn2nc(-c3ncc(OC)c(Nc4ccncc4C(=O)O)n3)c3ccccc32)cc1.[LiH].